The Hall–Kier alpha value is -0.790. The minimum absolute atomic E-state index is 0.704. The zero-order chi connectivity index (χ0) is 14.4. The van der Waals surface area contributed by atoms with Gasteiger partial charge in [-0.25, -0.2) is 0 Å². The molecule has 0 spiro atoms. The van der Waals surface area contributed by atoms with Crippen LogP contribution in [-0.2, 0) is 0 Å². The molecule has 0 atom stereocenters. The third-order valence-electron chi connectivity index (χ3n) is 4.91. The molecule has 2 nitrogen and oxygen atoms in total. The molecule has 1 saturated carbocycles. The summed E-state index contributed by atoms with van der Waals surface area (Å²) in [6.07, 6.45) is 13.5. The Bertz CT molecular complexity index is 362. The van der Waals surface area contributed by atoms with E-state index in [1.54, 1.807) is 11.1 Å². The molecule has 0 aromatic heterocycles. The van der Waals surface area contributed by atoms with Crippen LogP contribution < -0.4 is 0 Å². The van der Waals surface area contributed by atoms with Crippen molar-refractivity contribution >= 4 is 5.71 Å². The highest BCUT2D eigenvalue weighted by Gasteiger charge is 2.24. The van der Waals surface area contributed by atoms with Gasteiger partial charge in [-0.15, -0.1) is 0 Å². The lowest BCUT2D eigenvalue weighted by Gasteiger charge is -2.36. The molecule has 1 fully saturated rings. The zero-order valence-electron chi connectivity index (χ0n) is 13.7. The van der Waals surface area contributed by atoms with Gasteiger partial charge >= 0.3 is 0 Å². The lowest BCUT2D eigenvalue weighted by atomic mass is 9.93. The summed E-state index contributed by atoms with van der Waals surface area (Å²) in [4.78, 5) is 0. The molecule has 0 aromatic rings. The van der Waals surface area contributed by atoms with Gasteiger partial charge in [0.1, 0.15) is 0 Å². The number of allylic oxidation sites excluding steroid dienone is 1. The van der Waals surface area contributed by atoms with Crippen LogP contribution >= 0.6 is 0 Å². The van der Waals surface area contributed by atoms with Crippen molar-refractivity contribution in [3.63, 3.8) is 0 Å². The average Bonchev–Trinajstić information content (AvgIpc) is 2.46. The Morgan fingerprint density at radius 2 is 1.80 bits per heavy atom. The summed E-state index contributed by atoms with van der Waals surface area (Å²) >= 11 is 0. The second-order valence-corrected chi connectivity index (χ2v) is 6.64. The van der Waals surface area contributed by atoms with Crippen molar-refractivity contribution in [1.82, 2.24) is 5.01 Å². The molecule has 0 unspecified atom stereocenters. The molecule has 0 N–H and O–H groups in total. The van der Waals surface area contributed by atoms with Gasteiger partial charge in [-0.3, -0.25) is 5.01 Å². The molecule has 1 aliphatic carbocycles. The molecule has 20 heavy (non-hydrogen) atoms. The molecule has 1 aliphatic heterocycles. The fourth-order valence-corrected chi connectivity index (χ4v) is 3.65. The molecule has 0 amide bonds. The predicted octanol–water partition coefficient (Wildman–Crippen LogP) is 5.30. The summed E-state index contributed by atoms with van der Waals surface area (Å²) in [6.45, 7) is 7.89. The number of hydrogen-bond acceptors (Lipinski definition) is 2. The summed E-state index contributed by atoms with van der Waals surface area (Å²) in [7, 11) is 0. The molecule has 1 heterocycles. The molecule has 2 aliphatic rings. The van der Waals surface area contributed by atoms with E-state index in [2.05, 4.69) is 25.8 Å². The van der Waals surface area contributed by atoms with E-state index in [4.69, 9.17) is 5.10 Å². The van der Waals surface area contributed by atoms with E-state index in [0.29, 0.717) is 6.04 Å². The Kier molecular flexibility index (Phi) is 6.12. The van der Waals surface area contributed by atoms with Gasteiger partial charge < -0.3 is 0 Å². The van der Waals surface area contributed by atoms with Gasteiger partial charge in [0.05, 0.1) is 12.3 Å². The minimum atomic E-state index is 0.704. The van der Waals surface area contributed by atoms with Gasteiger partial charge in [-0.05, 0) is 50.7 Å². The van der Waals surface area contributed by atoms with Crippen molar-refractivity contribution in [3.05, 3.63) is 11.1 Å². The Morgan fingerprint density at radius 3 is 2.45 bits per heavy atom. The maximum atomic E-state index is 4.93. The first-order chi connectivity index (χ1) is 9.72. The van der Waals surface area contributed by atoms with Crippen LogP contribution in [-0.4, -0.2) is 23.3 Å². The minimum Gasteiger partial charge on any atom is -0.290 e. The van der Waals surface area contributed by atoms with Crippen LogP contribution in [0.5, 0.6) is 0 Å². The van der Waals surface area contributed by atoms with E-state index in [1.807, 2.05) is 0 Å². The SMILES string of the molecule is CCCCCCC1=C(C)CN(C2CCCCC2)N=C1C. The van der Waals surface area contributed by atoms with Crippen molar-refractivity contribution in [1.29, 1.82) is 0 Å². The largest absolute Gasteiger partial charge is 0.290 e. The summed E-state index contributed by atoms with van der Waals surface area (Å²) in [5, 5.41) is 7.32. The fraction of sp³-hybridized carbons (Fsp3) is 0.833. The summed E-state index contributed by atoms with van der Waals surface area (Å²) in [6, 6.07) is 0.704. The van der Waals surface area contributed by atoms with Crippen LogP contribution in [0.2, 0.25) is 0 Å². The van der Waals surface area contributed by atoms with E-state index in [0.717, 1.165) is 6.54 Å². The number of hydrazone groups is 1. The predicted molar refractivity (Wildman–Crippen MR) is 88.1 cm³/mol. The number of nitrogens with zero attached hydrogens (tertiary/aromatic N) is 2. The highest BCUT2D eigenvalue weighted by atomic mass is 15.5. The summed E-state index contributed by atoms with van der Waals surface area (Å²) in [5.41, 5.74) is 4.41. The van der Waals surface area contributed by atoms with Gasteiger partial charge in [0.2, 0.25) is 0 Å². The topological polar surface area (TPSA) is 15.6 Å². The smallest absolute Gasteiger partial charge is 0.0606 e. The lowest BCUT2D eigenvalue weighted by molar-refractivity contribution is 0.172. The highest BCUT2D eigenvalue weighted by Crippen LogP contribution is 2.28. The molecular formula is C18H32N2. The third kappa shape index (κ3) is 4.10. The van der Waals surface area contributed by atoms with Crippen molar-refractivity contribution < 1.29 is 0 Å². The van der Waals surface area contributed by atoms with Crippen molar-refractivity contribution in [2.24, 2.45) is 5.10 Å². The Balaban J connectivity index is 1.90. The molecule has 0 aromatic carbocycles. The van der Waals surface area contributed by atoms with Crippen LogP contribution in [0.4, 0.5) is 0 Å². The quantitative estimate of drug-likeness (QED) is 0.601. The lowest BCUT2D eigenvalue weighted by Crippen LogP contribution is -2.37. The van der Waals surface area contributed by atoms with E-state index in [1.165, 1.54) is 69.9 Å². The summed E-state index contributed by atoms with van der Waals surface area (Å²) < 4.78 is 0. The first-order valence-corrected chi connectivity index (χ1v) is 8.73. The molecular weight excluding hydrogens is 244 g/mol. The Labute approximate surface area is 125 Å². The van der Waals surface area contributed by atoms with Gasteiger partial charge in [0.15, 0.2) is 0 Å². The highest BCUT2D eigenvalue weighted by molar-refractivity contribution is 5.99. The fourth-order valence-electron chi connectivity index (χ4n) is 3.65. The zero-order valence-corrected chi connectivity index (χ0v) is 13.7. The summed E-state index contributed by atoms with van der Waals surface area (Å²) in [5.74, 6) is 0. The van der Waals surface area contributed by atoms with Gasteiger partial charge in [0, 0.05) is 6.04 Å². The van der Waals surface area contributed by atoms with Gasteiger partial charge in [-0.2, -0.15) is 5.10 Å². The first kappa shape index (κ1) is 15.6. The standard InChI is InChI=1S/C18H32N2/c1-4-5-6-10-13-18-15(2)14-20(19-16(18)3)17-11-8-7-9-12-17/h17H,4-14H2,1-3H3. The normalized spacial score (nSPS) is 21.4. The van der Waals surface area contributed by atoms with Gasteiger partial charge in [-0.1, -0.05) is 45.4 Å². The molecule has 2 heteroatoms. The van der Waals surface area contributed by atoms with Crippen LogP contribution in [0.25, 0.3) is 0 Å². The Morgan fingerprint density at radius 1 is 1.05 bits per heavy atom. The maximum absolute atomic E-state index is 4.93. The average molecular weight is 276 g/mol. The number of rotatable bonds is 6. The second-order valence-electron chi connectivity index (χ2n) is 6.64. The van der Waals surface area contributed by atoms with Crippen LogP contribution in [0.1, 0.15) is 85.0 Å². The number of hydrogen-bond donors (Lipinski definition) is 0. The molecule has 0 radical (unpaired) electrons. The van der Waals surface area contributed by atoms with E-state index >= 15 is 0 Å². The monoisotopic (exact) mass is 276 g/mol. The van der Waals surface area contributed by atoms with Crippen molar-refractivity contribution in [3.8, 4) is 0 Å². The second kappa shape index (κ2) is 7.85. The van der Waals surface area contributed by atoms with Crippen LogP contribution in [0.15, 0.2) is 16.2 Å². The first-order valence-electron chi connectivity index (χ1n) is 8.73. The molecule has 0 saturated heterocycles. The molecule has 114 valence electrons. The molecule has 0 bridgehead atoms. The molecule has 2 rings (SSSR count). The maximum Gasteiger partial charge on any atom is 0.0606 e. The third-order valence-corrected chi connectivity index (χ3v) is 4.91. The van der Waals surface area contributed by atoms with Crippen molar-refractivity contribution in [2.75, 3.05) is 6.54 Å². The van der Waals surface area contributed by atoms with E-state index in [9.17, 15) is 0 Å². The van der Waals surface area contributed by atoms with Crippen LogP contribution in [0.3, 0.4) is 0 Å². The van der Waals surface area contributed by atoms with E-state index in [-0.39, 0.29) is 0 Å². The number of unbranched alkanes of at least 4 members (excludes halogenated alkanes) is 3. The van der Waals surface area contributed by atoms with Crippen LogP contribution in [0, 0.1) is 0 Å². The van der Waals surface area contributed by atoms with Gasteiger partial charge in [0.25, 0.3) is 0 Å². The van der Waals surface area contributed by atoms with E-state index < -0.39 is 0 Å². The van der Waals surface area contributed by atoms with Crippen molar-refractivity contribution in [2.45, 2.75) is 91.0 Å².